The van der Waals surface area contributed by atoms with E-state index in [1.165, 1.54) is 32.4 Å². The van der Waals surface area contributed by atoms with Crippen molar-refractivity contribution in [3.8, 4) is 0 Å². The highest BCUT2D eigenvalue weighted by molar-refractivity contribution is 4.80. The van der Waals surface area contributed by atoms with Gasteiger partial charge in [-0.1, -0.05) is 6.42 Å². The molecule has 0 spiro atoms. The van der Waals surface area contributed by atoms with E-state index in [2.05, 4.69) is 4.90 Å². The van der Waals surface area contributed by atoms with E-state index in [-0.39, 0.29) is 0 Å². The Morgan fingerprint density at radius 3 is 2.71 bits per heavy atom. The van der Waals surface area contributed by atoms with Crippen molar-refractivity contribution < 1.29 is 4.74 Å². The number of rotatable bonds is 3. The van der Waals surface area contributed by atoms with Crippen LogP contribution in [-0.2, 0) is 4.74 Å². The van der Waals surface area contributed by atoms with Crippen molar-refractivity contribution in [3.63, 3.8) is 0 Å². The Hall–Kier alpha value is -0.120. The lowest BCUT2D eigenvalue weighted by Crippen LogP contribution is -2.44. The maximum Gasteiger partial charge on any atom is 0.0510 e. The molecule has 2 aliphatic heterocycles. The Morgan fingerprint density at radius 2 is 2.07 bits per heavy atom. The lowest BCUT2D eigenvalue weighted by molar-refractivity contribution is 0.163. The maximum atomic E-state index is 6.19. The van der Waals surface area contributed by atoms with Crippen LogP contribution in [0.4, 0.5) is 0 Å². The summed E-state index contributed by atoms with van der Waals surface area (Å²) in [5, 5.41) is 0. The predicted octanol–water partition coefficient (Wildman–Crippen LogP) is 0.836. The monoisotopic (exact) mass is 198 g/mol. The Morgan fingerprint density at radius 1 is 1.29 bits per heavy atom. The zero-order chi connectivity index (χ0) is 9.80. The van der Waals surface area contributed by atoms with E-state index in [0.717, 1.165) is 26.2 Å². The van der Waals surface area contributed by atoms with Crippen LogP contribution in [0.2, 0.25) is 0 Å². The molecule has 2 saturated heterocycles. The molecule has 0 aliphatic carbocycles. The van der Waals surface area contributed by atoms with Crippen molar-refractivity contribution in [2.24, 2.45) is 11.7 Å². The molecule has 3 nitrogen and oxygen atoms in total. The van der Waals surface area contributed by atoms with E-state index in [9.17, 15) is 0 Å². The summed E-state index contributed by atoms with van der Waals surface area (Å²) >= 11 is 0. The molecule has 0 aromatic heterocycles. The molecular formula is C11H22N2O. The Labute approximate surface area is 86.6 Å². The Bertz CT molecular complexity index is 163. The second-order valence-electron chi connectivity index (χ2n) is 4.65. The van der Waals surface area contributed by atoms with E-state index in [0.29, 0.717) is 12.0 Å². The average Bonchev–Trinajstić information content (AvgIpc) is 2.72. The van der Waals surface area contributed by atoms with Gasteiger partial charge in [-0.05, 0) is 32.4 Å². The van der Waals surface area contributed by atoms with Gasteiger partial charge in [0.25, 0.3) is 0 Å². The normalized spacial score (nSPS) is 31.9. The van der Waals surface area contributed by atoms with Crippen LogP contribution in [0.5, 0.6) is 0 Å². The third kappa shape index (κ3) is 2.69. The quantitative estimate of drug-likeness (QED) is 0.730. The van der Waals surface area contributed by atoms with Gasteiger partial charge in [0, 0.05) is 25.1 Å². The third-order valence-electron chi connectivity index (χ3n) is 3.49. The topological polar surface area (TPSA) is 38.5 Å². The van der Waals surface area contributed by atoms with Gasteiger partial charge >= 0.3 is 0 Å². The van der Waals surface area contributed by atoms with Gasteiger partial charge in [0.15, 0.2) is 0 Å². The molecule has 0 saturated carbocycles. The fourth-order valence-electron chi connectivity index (χ4n) is 2.48. The van der Waals surface area contributed by atoms with Crippen LogP contribution in [-0.4, -0.2) is 43.8 Å². The second-order valence-corrected chi connectivity index (χ2v) is 4.65. The van der Waals surface area contributed by atoms with Crippen LogP contribution in [0, 0.1) is 5.92 Å². The van der Waals surface area contributed by atoms with Crippen LogP contribution in [0.15, 0.2) is 0 Å². The van der Waals surface area contributed by atoms with Crippen molar-refractivity contribution in [2.45, 2.75) is 31.7 Å². The fraction of sp³-hybridized carbons (Fsp3) is 1.00. The van der Waals surface area contributed by atoms with Crippen LogP contribution >= 0.6 is 0 Å². The maximum absolute atomic E-state index is 6.19. The van der Waals surface area contributed by atoms with Gasteiger partial charge in [0.2, 0.25) is 0 Å². The summed E-state index contributed by atoms with van der Waals surface area (Å²) in [5.41, 5.74) is 6.19. The largest absolute Gasteiger partial charge is 0.381 e. The summed E-state index contributed by atoms with van der Waals surface area (Å²) in [4.78, 5) is 2.52. The molecule has 2 fully saturated rings. The number of nitrogens with two attached hydrogens (primary N) is 1. The first kappa shape index (κ1) is 10.4. The lowest BCUT2D eigenvalue weighted by Gasteiger charge is -2.30. The lowest BCUT2D eigenvalue weighted by atomic mass is 9.98. The minimum atomic E-state index is 0.329. The highest BCUT2D eigenvalue weighted by atomic mass is 16.5. The highest BCUT2D eigenvalue weighted by Crippen LogP contribution is 2.17. The molecule has 2 N–H and O–H groups in total. The number of likely N-dealkylation sites (tertiary alicyclic amines) is 1. The number of hydrogen-bond acceptors (Lipinski definition) is 3. The van der Waals surface area contributed by atoms with E-state index >= 15 is 0 Å². The molecule has 0 bridgehead atoms. The number of piperidine rings is 1. The Kier molecular flexibility index (Phi) is 3.79. The Balaban J connectivity index is 1.72. The summed E-state index contributed by atoms with van der Waals surface area (Å²) in [6, 6.07) is 0.329. The molecule has 0 aromatic rings. The molecule has 2 aliphatic rings. The standard InChI is InChI=1S/C11H22N2O/c12-11(10-4-7-14-9-10)8-13-5-2-1-3-6-13/h10-11H,1-9,12H2. The van der Waals surface area contributed by atoms with E-state index < -0.39 is 0 Å². The van der Waals surface area contributed by atoms with Crippen LogP contribution in [0.3, 0.4) is 0 Å². The molecule has 2 atom stereocenters. The molecule has 0 radical (unpaired) electrons. The number of ether oxygens (including phenoxy) is 1. The van der Waals surface area contributed by atoms with Gasteiger partial charge in [0.1, 0.15) is 0 Å². The molecule has 2 rings (SSSR count). The summed E-state index contributed by atoms with van der Waals surface area (Å²) in [7, 11) is 0. The molecule has 3 heteroatoms. The average molecular weight is 198 g/mol. The van der Waals surface area contributed by atoms with Crippen molar-refractivity contribution >= 4 is 0 Å². The van der Waals surface area contributed by atoms with Crippen molar-refractivity contribution in [1.29, 1.82) is 0 Å². The van der Waals surface area contributed by atoms with E-state index in [4.69, 9.17) is 10.5 Å². The van der Waals surface area contributed by atoms with Gasteiger partial charge in [-0.15, -0.1) is 0 Å². The SMILES string of the molecule is NC(CN1CCCCC1)C1CCOC1. The summed E-state index contributed by atoms with van der Waals surface area (Å²) < 4.78 is 5.37. The first-order chi connectivity index (χ1) is 6.86. The molecule has 0 aromatic carbocycles. The zero-order valence-electron chi connectivity index (χ0n) is 8.95. The predicted molar refractivity (Wildman–Crippen MR) is 57.2 cm³/mol. The number of hydrogen-bond donors (Lipinski definition) is 1. The molecule has 2 heterocycles. The van der Waals surface area contributed by atoms with Crippen LogP contribution in [0.1, 0.15) is 25.7 Å². The van der Waals surface area contributed by atoms with Gasteiger partial charge in [-0.3, -0.25) is 0 Å². The van der Waals surface area contributed by atoms with E-state index in [1.807, 2.05) is 0 Å². The molecule has 14 heavy (non-hydrogen) atoms. The minimum absolute atomic E-state index is 0.329. The zero-order valence-corrected chi connectivity index (χ0v) is 8.95. The second kappa shape index (κ2) is 5.10. The highest BCUT2D eigenvalue weighted by Gasteiger charge is 2.24. The minimum Gasteiger partial charge on any atom is -0.381 e. The summed E-state index contributed by atoms with van der Waals surface area (Å²) in [6.07, 6.45) is 5.27. The molecule has 2 unspecified atom stereocenters. The van der Waals surface area contributed by atoms with Crippen molar-refractivity contribution in [3.05, 3.63) is 0 Å². The van der Waals surface area contributed by atoms with Gasteiger partial charge in [-0.25, -0.2) is 0 Å². The first-order valence-electron chi connectivity index (χ1n) is 5.92. The third-order valence-corrected chi connectivity index (χ3v) is 3.49. The van der Waals surface area contributed by atoms with Gasteiger partial charge < -0.3 is 15.4 Å². The van der Waals surface area contributed by atoms with Gasteiger partial charge in [-0.2, -0.15) is 0 Å². The molecular weight excluding hydrogens is 176 g/mol. The fourth-order valence-corrected chi connectivity index (χ4v) is 2.48. The smallest absolute Gasteiger partial charge is 0.0510 e. The van der Waals surface area contributed by atoms with Crippen molar-refractivity contribution in [2.75, 3.05) is 32.8 Å². The molecule has 0 amide bonds. The van der Waals surface area contributed by atoms with Crippen LogP contribution < -0.4 is 5.73 Å². The molecule has 82 valence electrons. The number of nitrogens with zero attached hydrogens (tertiary/aromatic N) is 1. The summed E-state index contributed by atoms with van der Waals surface area (Å²) in [5.74, 6) is 0.608. The first-order valence-corrected chi connectivity index (χ1v) is 5.92. The van der Waals surface area contributed by atoms with E-state index in [1.54, 1.807) is 0 Å². The van der Waals surface area contributed by atoms with Gasteiger partial charge in [0.05, 0.1) is 6.61 Å². The van der Waals surface area contributed by atoms with Crippen molar-refractivity contribution in [1.82, 2.24) is 4.90 Å². The van der Waals surface area contributed by atoms with Crippen LogP contribution in [0.25, 0.3) is 0 Å². The summed E-state index contributed by atoms with van der Waals surface area (Å²) in [6.45, 7) is 5.38.